The van der Waals surface area contributed by atoms with E-state index in [-0.39, 0.29) is 12.0 Å². The van der Waals surface area contributed by atoms with Crippen LogP contribution in [-0.2, 0) is 4.74 Å². The molecule has 4 atom stereocenters. The highest BCUT2D eigenvalue weighted by Crippen LogP contribution is 2.30. The molecule has 2 unspecified atom stereocenters. The molecule has 4 nitrogen and oxygen atoms in total. The minimum absolute atomic E-state index is 0.0835. The van der Waals surface area contributed by atoms with E-state index in [0.29, 0.717) is 0 Å². The van der Waals surface area contributed by atoms with Gasteiger partial charge in [-0.15, -0.1) is 0 Å². The number of aliphatic hydroxyl groups is 3. The van der Waals surface area contributed by atoms with Gasteiger partial charge in [0.2, 0.25) is 0 Å². The van der Waals surface area contributed by atoms with Gasteiger partial charge in [-0.05, 0) is 5.41 Å². The topological polar surface area (TPSA) is 69.9 Å². The van der Waals surface area contributed by atoms with E-state index in [4.69, 9.17) is 4.74 Å². The van der Waals surface area contributed by atoms with Gasteiger partial charge in [0.25, 0.3) is 0 Å². The van der Waals surface area contributed by atoms with Gasteiger partial charge in [0.1, 0.15) is 18.3 Å². The lowest BCUT2D eigenvalue weighted by molar-refractivity contribution is -0.211. The van der Waals surface area contributed by atoms with Crippen LogP contribution in [0.25, 0.3) is 0 Å². The van der Waals surface area contributed by atoms with Crippen molar-refractivity contribution in [2.75, 3.05) is 6.61 Å². The average Bonchev–Trinajstić information content (AvgIpc) is 1.98. The van der Waals surface area contributed by atoms with Gasteiger partial charge in [-0.3, -0.25) is 0 Å². The molecule has 3 N–H and O–H groups in total. The molecule has 1 heterocycles. The number of aliphatic hydroxyl groups excluding tert-OH is 3. The molecular weight excluding hydrogens is 172 g/mol. The highest BCUT2D eigenvalue weighted by atomic mass is 16.5. The second-order valence-corrected chi connectivity index (χ2v) is 4.67. The normalized spacial score (nSPS) is 42.0. The Bertz CT molecular complexity index is 175. The number of hydrogen-bond donors (Lipinski definition) is 3. The second-order valence-electron chi connectivity index (χ2n) is 4.67. The zero-order valence-electron chi connectivity index (χ0n) is 8.27. The van der Waals surface area contributed by atoms with Crippen molar-refractivity contribution in [3.63, 3.8) is 0 Å². The third kappa shape index (κ3) is 2.20. The van der Waals surface area contributed by atoms with Crippen LogP contribution >= 0.6 is 0 Å². The van der Waals surface area contributed by atoms with Gasteiger partial charge < -0.3 is 20.1 Å². The van der Waals surface area contributed by atoms with Crippen molar-refractivity contribution in [2.24, 2.45) is 5.41 Å². The van der Waals surface area contributed by atoms with Crippen LogP contribution in [0.15, 0.2) is 0 Å². The van der Waals surface area contributed by atoms with E-state index in [0.717, 1.165) is 0 Å². The van der Waals surface area contributed by atoms with E-state index < -0.39 is 24.4 Å². The van der Waals surface area contributed by atoms with E-state index in [1.807, 2.05) is 20.8 Å². The van der Waals surface area contributed by atoms with E-state index in [2.05, 4.69) is 0 Å². The highest BCUT2D eigenvalue weighted by Gasteiger charge is 2.42. The Labute approximate surface area is 78.1 Å². The molecule has 0 radical (unpaired) electrons. The molecule has 1 fully saturated rings. The molecule has 0 saturated carbocycles. The fraction of sp³-hybridized carbons (Fsp3) is 1.00. The summed E-state index contributed by atoms with van der Waals surface area (Å²) in [5, 5.41) is 28.2. The Morgan fingerprint density at radius 1 is 1.08 bits per heavy atom. The monoisotopic (exact) mass is 190 g/mol. The predicted octanol–water partition coefficient (Wildman–Crippen LogP) is -0.486. The lowest BCUT2D eigenvalue weighted by atomic mass is 9.81. The first kappa shape index (κ1) is 10.9. The van der Waals surface area contributed by atoms with E-state index in [9.17, 15) is 15.3 Å². The maximum Gasteiger partial charge on any atom is 0.111 e. The standard InChI is InChI=1S/C9H18O4/c1-9(2,3)8-7(12)6(11)5(10)4-13-8/h5-8,10-12H,4H2,1-3H3/t5-,6-,7?,8?/m0/s1. The predicted molar refractivity (Wildman–Crippen MR) is 47.2 cm³/mol. The summed E-state index contributed by atoms with van der Waals surface area (Å²) in [5.41, 5.74) is -0.236. The molecular formula is C9H18O4. The average molecular weight is 190 g/mol. The zero-order valence-corrected chi connectivity index (χ0v) is 8.27. The zero-order chi connectivity index (χ0) is 10.2. The van der Waals surface area contributed by atoms with Gasteiger partial charge in [-0.2, -0.15) is 0 Å². The smallest absolute Gasteiger partial charge is 0.111 e. The van der Waals surface area contributed by atoms with Crippen molar-refractivity contribution in [1.29, 1.82) is 0 Å². The summed E-state index contributed by atoms with van der Waals surface area (Å²) >= 11 is 0. The van der Waals surface area contributed by atoms with Crippen LogP contribution in [0, 0.1) is 5.41 Å². The molecule has 1 aliphatic heterocycles. The minimum Gasteiger partial charge on any atom is -0.388 e. The molecule has 0 aromatic carbocycles. The van der Waals surface area contributed by atoms with Crippen molar-refractivity contribution >= 4 is 0 Å². The van der Waals surface area contributed by atoms with Crippen LogP contribution in [0.4, 0.5) is 0 Å². The first-order valence-corrected chi connectivity index (χ1v) is 4.50. The van der Waals surface area contributed by atoms with Crippen LogP contribution in [0.1, 0.15) is 20.8 Å². The highest BCUT2D eigenvalue weighted by molar-refractivity contribution is 4.92. The molecule has 1 aliphatic rings. The molecule has 78 valence electrons. The van der Waals surface area contributed by atoms with Crippen molar-refractivity contribution in [3.8, 4) is 0 Å². The van der Waals surface area contributed by atoms with Crippen LogP contribution in [0.3, 0.4) is 0 Å². The second kappa shape index (κ2) is 3.53. The van der Waals surface area contributed by atoms with Gasteiger partial charge in [-0.25, -0.2) is 0 Å². The molecule has 0 aromatic heterocycles. The third-order valence-corrected chi connectivity index (χ3v) is 2.35. The lowest BCUT2D eigenvalue weighted by Gasteiger charge is -2.41. The Hall–Kier alpha value is -0.160. The summed E-state index contributed by atoms with van der Waals surface area (Å²) in [6.07, 6.45) is -3.51. The summed E-state index contributed by atoms with van der Waals surface area (Å²) in [6, 6.07) is 0. The van der Waals surface area contributed by atoms with Gasteiger partial charge in [0.15, 0.2) is 0 Å². The van der Waals surface area contributed by atoms with Crippen LogP contribution in [-0.4, -0.2) is 46.3 Å². The first-order chi connectivity index (χ1) is 5.84. The van der Waals surface area contributed by atoms with Crippen LogP contribution < -0.4 is 0 Å². The minimum atomic E-state index is -1.10. The molecule has 0 amide bonds. The van der Waals surface area contributed by atoms with Crippen molar-refractivity contribution in [3.05, 3.63) is 0 Å². The van der Waals surface area contributed by atoms with Gasteiger partial charge in [0.05, 0.1) is 12.7 Å². The summed E-state index contributed by atoms with van der Waals surface area (Å²) in [6.45, 7) is 5.85. The molecule has 0 spiro atoms. The van der Waals surface area contributed by atoms with E-state index in [1.54, 1.807) is 0 Å². The van der Waals surface area contributed by atoms with E-state index >= 15 is 0 Å². The summed E-state index contributed by atoms with van der Waals surface area (Å²) in [5.74, 6) is 0. The van der Waals surface area contributed by atoms with Crippen molar-refractivity contribution in [1.82, 2.24) is 0 Å². The molecule has 1 rings (SSSR count). The van der Waals surface area contributed by atoms with Gasteiger partial charge in [-0.1, -0.05) is 20.8 Å². The molecule has 4 heteroatoms. The number of hydrogen-bond acceptors (Lipinski definition) is 4. The number of rotatable bonds is 0. The summed E-state index contributed by atoms with van der Waals surface area (Å²) < 4.78 is 5.28. The molecule has 0 aliphatic carbocycles. The molecule has 0 bridgehead atoms. The molecule has 1 saturated heterocycles. The fourth-order valence-electron chi connectivity index (χ4n) is 1.57. The lowest BCUT2D eigenvalue weighted by Crippen LogP contribution is -2.56. The Morgan fingerprint density at radius 2 is 1.62 bits per heavy atom. The quantitative estimate of drug-likeness (QED) is 0.482. The largest absolute Gasteiger partial charge is 0.388 e. The molecule has 0 aromatic rings. The Kier molecular flexibility index (Phi) is 2.97. The Balaban J connectivity index is 2.70. The van der Waals surface area contributed by atoms with E-state index in [1.165, 1.54) is 0 Å². The van der Waals surface area contributed by atoms with Crippen LogP contribution in [0.2, 0.25) is 0 Å². The SMILES string of the molecule is CC(C)(C)C1OC[C@H](O)[C@H](O)C1O. The van der Waals surface area contributed by atoms with Gasteiger partial charge in [0, 0.05) is 0 Å². The molecule has 13 heavy (non-hydrogen) atoms. The first-order valence-electron chi connectivity index (χ1n) is 4.50. The Morgan fingerprint density at radius 3 is 2.08 bits per heavy atom. The van der Waals surface area contributed by atoms with Crippen molar-refractivity contribution in [2.45, 2.75) is 45.2 Å². The maximum absolute atomic E-state index is 9.61. The third-order valence-electron chi connectivity index (χ3n) is 2.35. The maximum atomic E-state index is 9.61. The fourth-order valence-corrected chi connectivity index (χ4v) is 1.57. The summed E-state index contributed by atoms with van der Waals surface area (Å²) in [4.78, 5) is 0. The van der Waals surface area contributed by atoms with Crippen molar-refractivity contribution < 1.29 is 20.1 Å². The van der Waals surface area contributed by atoms with Gasteiger partial charge >= 0.3 is 0 Å². The van der Waals surface area contributed by atoms with Crippen LogP contribution in [0.5, 0.6) is 0 Å². The number of ether oxygens (including phenoxy) is 1. The summed E-state index contributed by atoms with van der Waals surface area (Å²) in [7, 11) is 0.